The van der Waals surface area contributed by atoms with Crippen molar-refractivity contribution in [1.82, 2.24) is 19.8 Å². The van der Waals surface area contributed by atoms with Crippen molar-refractivity contribution >= 4 is 41.5 Å². The minimum Gasteiger partial charge on any atom is -0.356 e. The van der Waals surface area contributed by atoms with Gasteiger partial charge in [-0.3, -0.25) is 4.99 Å². The van der Waals surface area contributed by atoms with Gasteiger partial charge in [0.2, 0.25) is 0 Å². The molecule has 0 fully saturated rings. The zero-order valence-electron chi connectivity index (χ0n) is 15.1. The maximum Gasteiger partial charge on any atom is 0.193 e. The lowest BCUT2D eigenvalue weighted by molar-refractivity contribution is 0.473. The van der Waals surface area contributed by atoms with E-state index in [4.69, 9.17) is 11.6 Å². The number of aryl methyl sites for hydroxylation is 2. The van der Waals surface area contributed by atoms with Crippen LogP contribution in [0.1, 0.15) is 24.2 Å². The Balaban J connectivity index is 0.00000312. The molecule has 1 aromatic carbocycles. The summed E-state index contributed by atoms with van der Waals surface area (Å²) in [6.07, 6.45) is 6.08. The Morgan fingerprint density at radius 3 is 2.60 bits per heavy atom. The second-order valence-electron chi connectivity index (χ2n) is 5.83. The Kier molecular flexibility index (Phi) is 9.89. The Morgan fingerprint density at radius 2 is 2.00 bits per heavy atom. The molecule has 0 atom stereocenters. The third kappa shape index (κ3) is 7.23. The number of nitrogens with one attached hydrogen (secondary N) is 1. The van der Waals surface area contributed by atoms with Crippen LogP contribution in [0.2, 0.25) is 5.02 Å². The fourth-order valence-electron chi connectivity index (χ4n) is 2.57. The number of aliphatic imine (C=N–C) groups is 1. The topological polar surface area (TPSA) is 45.5 Å². The van der Waals surface area contributed by atoms with E-state index in [9.17, 15) is 0 Å². The van der Waals surface area contributed by atoms with Gasteiger partial charge in [0.05, 0.1) is 0 Å². The number of aromatic nitrogens is 2. The standard InChI is InChI=1S/C18H26ClN5.HI/c1-15-21-11-13-24(15)12-5-4-10-22-18(20-2)23(3)14-16-6-8-17(19)9-7-16;/h6-9,11,13H,4-5,10,12,14H2,1-3H3,(H,20,22);1H. The number of benzene rings is 1. The second-order valence-corrected chi connectivity index (χ2v) is 6.27. The first-order valence-corrected chi connectivity index (χ1v) is 8.62. The summed E-state index contributed by atoms with van der Waals surface area (Å²) in [5.74, 6) is 1.98. The molecule has 0 aliphatic carbocycles. The number of halogens is 2. The van der Waals surface area contributed by atoms with E-state index >= 15 is 0 Å². The predicted molar refractivity (Wildman–Crippen MR) is 116 cm³/mol. The van der Waals surface area contributed by atoms with Crippen molar-refractivity contribution in [2.24, 2.45) is 4.99 Å². The smallest absolute Gasteiger partial charge is 0.193 e. The van der Waals surface area contributed by atoms with E-state index in [-0.39, 0.29) is 24.0 Å². The first-order chi connectivity index (χ1) is 11.6. The van der Waals surface area contributed by atoms with Gasteiger partial charge in [-0.05, 0) is 37.5 Å². The van der Waals surface area contributed by atoms with Gasteiger partial charge in [-0.1, -0.05) is 23.7 Å². The lowest BCUT2D eigenvalue weighted by atomic mass is 10.2. The Morgan fingerprint density at radius 1 is 1.28 bits per heavy atom. The number of nitrogens with zero attached hydrogens (tertiary/aromatic N) is 4. The maximum absolute atomic E-state index is 5.93. The minimum atomic E-state index is 0. The van der Waals surface area contributed by atoms with Crippen molar-refractivity contribution in [2.75, 3.05) is 20.6 Å². The third-order valence-corrected chi connectivity index (χ3v) is 4.19. The maximum atomic E-state index is 5.93. The summed E-state index contributed by atoms with van der Waals surface area (Å²) in [7, 11) is 3.86. The van der Waals surface area contributed by atoms with Crippen LogP contribution in [0.25, 0.3) is 0 Å². The first kappa shape index (κ1) is 21.8. The molecule has 0 unspecified atom stereocenters. The van der Waals surface area contributed by atoms with Crippen LogP contribution >= 0.6 is 35.6 Å². The SMILES string of the molecule is CN=C(NCCCCn1ccnc1C)N(C)Cc1ccc(Cl)cc1.I. The molecule has 2 aromatic rings. The first-order valence-electron chi connectivity index (χ1n) is 8.24. The summed E-state index contributed by atoms with van der Waals surface area (Å²) in [5.41, 5.74) is 1.21. The zero-order chi connectivity index (χ0) is 17.4. The summed E-state index contributed by atoms with van der Waals surface area (Å²) < 4.78 is 2.18. The highest BCUT2D eigenvalue weighted by atomic mass is 127. The number of unbranched alkanes of at least 4 members (excludes halogenated alkanes) is 1. The second kappa shape index (κ2) is 11.4. The van der Waals surface area contributed by atoms with E-state index < -0.39 is 0 Å². The molecule has 1 aromatic heterocycles. The minimum absolute atomic E-state index is 0. The summed E-state index contributed by atoms with van der Waals surface area (Å²) in [4.78, 5) is 10.7. The van der Waals surface area contributed by atoms with Gasteiger partial charge in [0.1, 0.15) is 5.82 Å². The zero-order valence-corrected chi connectivity index (χ0v) is 18.2. The van der Waals surface area contributed by atoms with Crippen LogP contribution in [0.5, 0.6) is 0 Å². The van der Waals surface area contributed by atoms with Crippen LogP contribution in [0, 0.1) is 6.92 Å². The summed E-state index contributed by atoms with van der Waals surface area (Å²) >= 11 is 5.93. The van der Waals surface area contributed by atoms with Crippen LogP contribution in [-0.2, 0) is 13.1 Å². The molecule has 138 valence electrons. The fourth-order valence-corrected chi connectivity index (χ4v) is 2.70. The quantitative estimate of drug-likeness (QED) is 0.285. The van der Waals surface area contributed by atoms with E-state index in [2.05, 4.69) is 24.8 Å². The average Bonchev–Trinajstić information content (AvgIpc) is 2.98. The van der Waals surface area contributed by atoms with Crippen molar-refractivity contribution in [3.05, 3.63) is 53.1 Å². The van der Waals surface area contributed by atoms with Crippen molar-refractivity contribution in [2.45, 2.75) is 32.9 Å². The molecule has 0 aliphatic rings. The van der Waals surface area contributed by atoms with Gasteiger partial charge in [-0.15, -0.1) is 24.0 Å². The predicted octanol–water partition coefficient (Wildman–Crippen LogP) is 3.95. The average molecular weight is 476 g/mol. The van der Waals surface area contributed by atoms with Crippen molar-refractivity contribution in [3.8, 4) is 0 Å². The Bertz CT molecular complexity index is 654. The molecule has 0 bridgehead atoms. The number of hydrogen-bond acceptors (Lipinski definition) is 2. The largest absolute Gasteiger partial charge is 0.356 e. The van der Waals surface area contributed by atoms with E-state index in [1.165, 1.54) is 5.56 Å². The lowest BCUT2D eigenvalue weighted by Gasteiger charge is -2.22. The molecule has 25 heavy (non-hydrogen) atoms. The van der Waals surface area contributed by atoms with Crippen LogP contribution < -0.4 is 5.32 Å². The highest BCUT2D eigenvalue weighted by Crippen LogP contribution is 2.11. The third-order valence-electron chi connectivity index (χ3n) is 3.94. The number of hydrogen-bond donors (Lipinski definition) is 1. The van der Waals surface area contributed by atoms with E-state index in [0.717, 1.165) is 49.3 Å². The van der Waals surface area contributed by atoms with E-state index in [1.54, 1.807) is 0 Å². The van der Waals surface area contributed by atoms with Crippen molar-refractivity contribution < 1.29 is 0 Å². The van der Waals surface area contributed by atoms with Crippen molar-refractivity contribution in [1.29, 1.82) is 0 Å². The molecule has 0 spiro atoms. The summed E-state index contributed by atoms with van der Waals surface area (Å²) in [6, 6.07) is 7.91. The molecule has 0 saturated heterocycles. The van der Waals surface area contributed by atoms with Crippen molar-refractivity contribution in [3.63, 3.8) is 0 Å². The highest BCUT2D eigenvalue weighted by Gasteiger charge is 2.06. The normalized spacial score (nSPS) is 11.1. The van der Waals surface area contributed by atoms with Gasteiger partial charge in [0.25, 0.3) is 0 Å². The summed E-state index contributed by atoms with van der Waals surface area (Å²) in [5, 5.41) is 4.18. The molecule has 5 nitrogen and oxygen atoms in total. The molecule has 0 saturated carbocycles. The Hall–Kier alpha value is -1.28. The van der Waals surface area contributed by atoms with Crippen LogP contribution in [0.4, 0.5) is 0 Å². The van der Waals surface area contributed by atoms with Gasteiger partial charge in [0, 0.05) is 51.1 Å². The monoisotopic (exact) mass is 475 g/mol. The molecule has 1 heterocycles. The molecule has 2 rings (SSSR count). The van der Waals surface area contributed by atoms with Crippen LogP contribution in [-0.4, -0.2) is 41.1 Å². The molecular weight excluding hydrogens is 449 g/mol. The fraction of sp³-hybridized carbons (Fsp3) is 0.444. The lowest BCUT2D eigenvalue weighted by Crippen LogP contribution is -2.38. The van der Waals surface area contributed by atoms with Gasteiger partial charge in [-0.2, -0.15) is 0 Å². The van der Waals surface area contributed by atoms with Crippen LogP contribution in [0.15, 0.2) is 41.7 Å². The number of imidazole rings is 1. The van der Waals surface area contributed by atoms with Crippen LogP contribution in [0.3, 0.4) is 0 Å². The van der Waals surface area contributed by atoms with Gasteiger partial charge in [0.15, 0.2) is 5.96 Å². The van der Waals surface area contributed by atoms with E-state index in [0.29, 0.717) is 0 Å². The molecule has 1 N–H and O–H groups in total. The van der Waals surface area contributed by atoms with Gasteiger partial charge >= 0.3 is 0 Å². The highest BCUT2D eigenvalue weighted by molar-refractivity contribution is 14.0. The molecule has 7 heteroatoms. The number of guanidine groups is 1. The molecule has 0 aliphatic heterocycles. The Labute approximate surface area is 172 Å². The van der Waals surface area contributed by atoms with Gasteiger partial charge in [-0.25, -0.2) is 4.98 Å². The molecule has 0 amide bonds. The van der Waals surface area contributed by atoms with Gasteiger partial charge < -0.3 is 14.8 Å². The summed E-state index contributed by atoms with van der Waals surface area (Å²) in [6.45, 7) is 4.75. The molecular formula is C18H27ClIN5. The number of rotatable bonds is 7. The molecule has 0 radical (unpaired) electrons. The van der Waals surface area contributed by atoms with E-state index in [1.807, 2.05) is 57.7 Å².